The van der Waals surface area contributed by atoms with Gasteiger partial charge in [0.1, 0.15) is 11.6 Å². The summed E-state index contributed by atoms with van der Waals surface area (Å²) in [6, 6.07) is 10.8. The molecule has 1 fully saturated rings. The van der Waals surface area contributed by atoms with E-state index in [1.54, 1.807) is 0 Å². The fourth-order valence-corrected chi connectivity index (χ4v) is 5.74. The molecule has 1 saturated heterocycles. The van der Waals surface area contributed by atoms with Crippen LogP contribution in [0, 0.1) is 21.8 Å². The maximum Gasteiger partial charge on any atom is 0.269 e. The van der Waals surface area contributed by atoms with Crippen molar-refractivity contribution in [3.8, 4) is 5.69 Å². The second-order valence-corrected chi connectivity index (χ2v) is 10.4. The summed E-state index contributed by atoms with van der Waals surface area (Å²) in [4.78, 5) is 37.5. The number of fused-ring (bicyclic) bond motifs is 1. The molecule has 0 spiro atoms. The van der Waals surface area contributed by atoms with E-state index in [0.717, 1.165) is 0 Å². The highest BCUT2D eigenvalue weighted by Gasteiger charge is 2.38. The van der Waals surface area contributed by atoms with E-state index in [-0.39, 0.29) is 47.6 Å². The molecule has 13 heteroatoms. The van der Waals surface area contributed by atoms with Crippen LogP contribution in [-0.4, -0.2) is 41.5 Å². The summed E-state index contributed by atoms with van der Waals surface area (Å²) >= 11 is 0. The standard InChI is InChI=1S/C22H18FN5O6S/c23-14-1-3-15(4-2-14)26-10-13(9-20(26)29)22(30)24-21-18-11-35(33,34)12-19(18)25-27(21)16-5-7-17(8-6-16)28(31)32/h1-8,13H,9-12H2,(H,24,30). The lowest BCUT2D eigenvalue weighted by Crippen LogP contribution is -2.29. The number of carbonyl (C=O) groups is 2. The minimum Gasteiger partial charge on any atom is -0.312 e. The van der Waals surface area contributed by atoms with E-state index in [2.05, 4.69) is 10.4 Å². The molecule has 2 aliphatic heterocycles. The molecule has 11 nitrogen and oxygen atoms in total. The van der Waals surface area contributed by atoms with Crippen molar-refractivity contribution in [1.82, 2.24) is 9.78 Å². The Kier molecular flexibility index (Phi) is 5.35. The first kappa shape index (κ1) is 22.7. The third-order valence-corrected chi connectivity index (χ3v) is 7.41. The van der Waals surface area contributed by atoms with E-state index in [9.17, 15) is 32.5 Å². The number of aromatic nitrogens is 2. The van der Waals surface area contributed by atoms with E-state index in [0.29, 0.717) is 16.9 Å². The van der Waals surface area contributed by atoms with Gasteiger partial charge in [0, 0.05) is 36.3 Å². The molecule has 1 N–H and O–H groups in total. The molecule has 3 aromatic rings. The monoisotopic (exact) mass is 499 g/mol. The second-order valence-electron chi connectivity index (χ2n) is 8.36. The topological polar surface area (TPSA) is 145 Å². The number of hydrogen-bond donors (Lipinski definition) is 1. The lowest BCUT2D eigenvalue weighted by Gasteiger charge is -2.17. The van der Waals surface area contributed by atoms with Crippen LogP contribution in [0.3, 0.4) is 0 Å². The van der Waals surface area contributed by atoms with Gasteiger partial charge in [-0.1, -0.05) is 0 Å². The molecule has 2 aliphatic rings. The van der Waals surface area contributed by atoms with E-state index in [1.165, 1.54) is 58.1 Å². The first-order valence-corrected chi connectivity index (χ1v) is 12.4. The molecule has 1 aromatic heterocycles. The molecule has 0 saturated carbocycles. The summed E-state index contributed by atoms with van der Waals surface area (Å²) < 4.78 is 38.9. The molecular weight excluding hydrogens is 481 g/mol. The lowest BCUT2D eigenvalue weighted by molar-refractivity contribution is -0.384. The maximum atomic E-state index is 13.2. The van der Waals surface area contributed by atoms with Crippen molar-refractivity contribution in [2.75, 3.05) is 16.8 Å². The number of anilines is 2. The van der Waals surface area contributed by atoms with Gasteiger partial charge in [-0.3, -0.25) is 19.7 Å². The highest BCUT2D eigenvalue weighted by atomic mass is 32.2. The SMILES string of the molecule is O=C(Nc1c2c(nn1-c1ccc([N+](=O)[O-])cc1)CS(=O)(=O)C2)C1CC(=O)N(c2ccc(F)cc2)C1. The van der Waals surface area contributed by atoms with Gasteiger partial charge in [0.05, 0.1) is 33.7 Å². The van der Waals surface area contributed by atoms with Crippen LogP contribution in [0.15, 0.2) is 48.5 Å². The number of nitro benzene ring substituents is 1. The van der Waals surface area contributed by atoms with Gasteiger partial charge in [0.25, 0.3) is 5.69 Å². The van der Waals surface area contributed by atoms with Gasteiger partial charge in [-0.05, 0) is 36.4 Å². The Hall–Kier alpha value is -4.13. The Morgan fingerprint density at radius 2 is 1.74 bits per heavy atom. The number of benzene rings is 2. The summed E-state index contributed by atoms with van der Waals surface area (Å²) in [6.07, 6.45) is -0.0740. The van der Waals surface area contributed by atoms with Crippen molar-refractivity contribution >= 4 is 38.8 Å². The number of nitro groups is 1. The molecule has 35 heavy (non-hydrogen) atoms. The molecule has 5 rings (SSSR count). The molecule has 0 radical (unpaired) electrons. The van der Waals surface area contributed by atoms with E-state index in [4.69, 9.17) is 0 Å². The molecule has 2 aromatic carbocycles. The first-order chi connectivity index (χ1) is 16.6. The van der Waals surface area contributed by atoms with Crippen LogP contribution in [-0.2, 0) is 30.9 Å². The third-order valence-electron chi connectivity index (χ3n) is 5.97. The van der Waals surface area contributed by atoms with Crippen molar-refractivity contribution in [1.29, 1.82) is 0 Å². The fourth-order valence-electron chi connectivity index (χ4n) is 4.25. The number of hydrogen-bond acceptors (Lipinski definition) is 7. The van der Waals surface area contributed by atoms with Gasteiger partial charge >= 0.3 is 0 Å². The van der Waals surface area contributed by atoms with E-state index >= 15 is 0 Å². The Bertz CT molecular complexity index is 1470. The number of rotatable bonds is 5. The zero-order valence-corrected chi connectivity index (χ0v) is 18.9. The number of halogens is 1. The minimum absolute atomic E-state index is 0.0719. The smallest absolute Gasteiger partial charge is 0.269 e. The normalized spacial score (nSPS) is 18.5. The third kappa shape index (κ3) is 4.25. The molecule has 3 heterocycles. The Morgan fingerprint density at radius 3 is 2.40 bits per heavy atom. The van der Waals surface area contributed by atoms with Crippen LogP contribution in [0.4, 0.5) is 21.6 Å². The highest BCUT2D eigenvalue weighted by molar-refractivity contribution is 7.90. The van der Waals surface area contributed by atoms with Crippen LogP contribution in [0.5, 0.6) is 0 Å². The molecule has 1 atom stereocenters. The van der Waals surface area contributed by atoms with Crippen LogP contribution < -0.4 is 10.2 Å². The predicted molar refractivity (Wildman–Crippen MR) is 122 cm³/mol. The van der Waals surface area contributed by atoms with Crippen LogP contribution in [0.25, 0.3) is 5.69 Å². The van der Waals surface area contributed by atoms with Gasteiger partial charge in [-0.15, -0.1) is 0 Å². The summed E-state index contributed by atoms with van der Waals surface area (Å²) in [7, 11) is -3.42. The number of nitrogens with zero attached hydrogens (tertiary/aromatic N) is 4. The van der Waals surface area contributed by atoms with Crippen LogP contribution >= 0.6 is 0 Å². The summed E-state index contributed by atoms with van der Waals surface area (Å²) in [5, 5.41) is 18.0. The molecule has 0 aliphatic carbocycles. The van der Waals surface area contributed by atoms with Gasteiger partial charge < -0.3 is 10.2 Å². The van der Waals surface area contributed by atoms with Crippen molar-refractivity contribution in [3.05, 3.63) is 75.7 Å². The van der Waals surface area contributed by atoms with E-state index in [1.807, 2.05) is 0 Å². The molecule has 180 valence electrons. The second kappa shape index (κ2) is 8.27. The Labute approximate surface area is 198 Å². The zero-order chi connectivity index (χ0) is 24.9. The Balaban J connectivity index is 1.43. The molecular formula is C22H18FN5O6S. The molecule has 2 amide bonds. The van der Waals surface area contributed by atoms with Crippen molar-refractivity contribution in [3.63, 3.8) is 0 Å². The van der Waals surface area contributed by atoms with Crippen molar-refractivity contribution in [2.45, 2.75) is 17.9 Å². The predicted octanol–water partition coefficient (Wildman–Crippen LogP) is 2.34. The first-order valence-electron chi connectivity index (χ1n) is 10.5. The van der Waals surface area contributed by atoms with E-state index < -0.39 is 32.4 Å². The quantitative estimate of drug-likeness (QED) is 0.419. The molecule has 0 bridgehead atoms. The largest absolute Gasteiger partial charge is 0.312 e. The number of sulfone groups is 1. The summed E-state index contributed by atoms with van der Waals surface area (Å²) in [5.74, 6) is -2.43. The minimum atomic E-state index is -3.42. The number of amides is 2. The van der Waals surface area contributed by atoms with Gasteiger partial charge in [-0.2, -0.15) is 5.10 Å². The summed E-state index contributed by atoms with van der Waals surface area (Å²) in [6.45, 7) is 0.0719. The van der Waals surface area contributed by atoms with Gasteiger partial charge in [-0.25, -0.2) is 17.5 Å². The number of carbonyl (C=O) groups excluding carboxylic acids is 2. The van der Waals surface area contributed by atoms with Gasteiger partial charge in [0.2, 0.25) is 11.8 Å². The lowest BCUT2D eigenvalue weighted by atomic mass is 10.1. The fraction of sp³-hybridized carbons (Fsp3) is 0.227. The van der Waals surface area contributed by atoms with Crippen molar-refractivity contribution in [2.24, 2.45) is 5.92 Å². The van der Waals surface area contributed by atoms with Crippen LogP contribution in [0.1, 0.15) is 17.7 Å². The summed E-state index contributed by atoms with van der Waals surface area (Å²) in [5.41, 5.74) is 1.36. The van der Waals surface area contributed by atoms with Crippen molar-refractivity contribution < 1.29 is 27.3 Å². The highest BCUT2D eigenvalue weighted by Crippen LogP contribution is 2.34. The average molecular weight is 499 g/mol. The van der Waals surface area contributed by atoms with Crippen LogP contribution in [0.2, 0.25) is 0 Å². The number of nitrogens with one attached hydrogen (secondary N) is 1. The Morgan fingerprint density at radius 1 is 1.09 bits per heavy atom. The maximum absolute atomic E-state index is 13.2. The molecule has 1 unspecified atom stereocenters. The van der Waals surface area contributed by atoms with Gasteiger partial charge in [0.15, 0.2) is 9.84 Å². The zero-order valence-electron chi connectivity index (χ0n) is 18.0. The average Bonchev–Trinajstić information content (AvgIpc) is 3.44. The number of non-ortho nitro benzene ring substituents is 1.